The van der Waals surface area contributed by atoms with Crippen molar-refractivity contribution in [2.24, 2.45) is 0 Å². The summed E-state index contributed by atoms with van der Waals surface area (Å²) in [6, 6.07) is 3.80. The van der Waals surface area contributed by atoms with Gasteiger partial charge in [-0.25, -0.2) is 8.78 Å². The molecule has 1 unspecified atom stereocenters. The van der Waals surface area contributed by atoms with Gasteiger partial charge in [0.15, 0.2) is 0 Å². The highest BCUT2D eigenvalue weighted by atomic mass is 35.5. The molecule has 0 aliphatic carbocycles. The lowest BCUT2D eigenvalue weighted by atomic mass is 10.2. The van der Waals surface area contributed by atoms with Gasteiger partial charge < -0.3 is 4.74 Å². The average molecular weight is 193 g/mol. The molecule has 0 heterocycles. The first-order chi connectivity index (χ1) is 5.65. The highest BCUT2D eigenvalue weighted by molar-refractivity contribution is 6.19. The molecule has 0 saturated carbocycles. The van der Waals surface area contributed by atoms with Gasteiger partial charge in [-0.1, -0.05) is 11.6 Å². The van der Waals surface area contributed by atoms with E-state index in [1.807, 2.05) is 0 Å². The van der Waals surface area contributed by atoms with Crippen LogP contribution in [0.5, 0.6) is 5.75 Å². The normalized spacial score (nSPS) is 12.7. The van der Waals surface area contributed by atoms with Crippen molar-refractivity contribution in [3.8, 4) is 5.75 Å². The highest BCUT2D eigenvalue weighted by Crippen LogP contribution is 2.26. The molecule has 0 aliphatic rings. The molecular weight excluding hydrogens is 186 g/mol. The number of hydrogen-bond acceptors (Lipinski definition) is 1. The Morgan fingerprint density at radius 1 is 1.50 bits per heavy atom. The van der Waals surface area contributed by atoms with E-state index in [-0.39, 0.29) is 5.56 Å². The number of hydrogen-bond donors (Lipinski definition) is 0. The molecule has 0 aromatic heterocycles. The second kappa shape index (κ2) is 3.72. The average Bonchev–Trinajstić information content (AvgIpc) is 2.03. The molecule has 4 heteroatoms. The van der Waals surface area contributed by atoms with E-state index in [1.165, 1.54) is 19.2 Å². The molecule has 1 atom stereocenters. The van der Waals surface area contributed by atoms with E-state index < -0.39 is 11.4 Å². The zero-order chi connectivity index (χ0) is 9.14. The third kappa shape index (κ3) is 1.85. The fourth-order valence-corrected chi connectivity index (χ4v) is 0.989. The van der Waals surface area contributed by atoms with Crippen LogP contribution >= 0.6 is 11.6 Å². The third-order valence-corrected chi connectivity index (χ3v) is 1.68. The first kappa shape index (κ1) is 9.26. The minimum absolute atomic E-state index is 0.169. The Morgan fingerprint density at radius 2 is 2.17 bits per heavy atom. The third-order valence-electron chi connectivity index (χ3n) is 1.44. The van der Waals surface area contributed by atoms with Crippen LogP contribution in [0.2, 0.25) is 0 Å². The van der Waals surface area contributed by atoms with Crippen LogP contribution in [0.4, 0.5) is 8.78 Å². The summed E-state index contributed by atoms with van der Waals surface area (Å²) < 4.78 is 30.0. The fourth-order valence-electron chi connectivity index (χ4n) is 0.812. The number of halogens is 3. The lowest BCUT2D eigenvalue weighted by Crippen LogP contribution is -1.91. The number of rotatable bonds is 2. The standard InChI is InChI=1S/C8H7ClF2O/c1-12-5-2-3-6(8(9)11)7(10)4-5/h2-4,8H,1H3. The predicted molar refractivity (Wildman–Crippen MR) is 42.7 cm³/mol. The van der Waals surface area contributed by atoms with Gasteiger partial charge in [0.2, 0.25) is 5.63 Å². The number of methoxy groups -OCH3 is 1. The van der Waals surface area contributed by atoms with Crippen molar-refractivity contribution in [2.45, 2.75) is 5.63 Å². The minimum Gasteiger partial charge on any atom is -0.497 e. The summed E-state index contributed by atoms with van der Waals surface area (Å²) in [6.45, 7) is 0. The summed E-state index contributed by atoms with van der Waals surface area (Å²) in [5, 5.41) is 0. The van der Waals surface area contributed by atoms with Gasteiger partial charge in [0.05, 0.1) is 7.11 Å². The first-order valence-corrected chi connectivity index (χ1v) is 3.70. The van der Waals surface area contributed by atoms with Crippen LogP contribution in [0.1, 0.15) is 11.2 Å². The summed E-state index contributed by atoms with van der Waals surface area (Å²) in [5.41, 5.74) is -1.98. The second-order valence-corrected chi connectivity index (χ2v) is 2.57. The van der Waals surface area contributed by atoms with Gasteiger partial charge >= 0.3 is 0 Å². The topological polar surface area (TPSA) is 9.23 Å². The van der Waals surface area contributed by atoms with Crippen molar-refractivity contribution < 1.29 is 13.5 Å². The number of benzene rings is 1. The Bertz CT molecular complexity index is 276. The van der Waals surface area contributed by atoms with Gasteiger partial charge in [-0.05, 0) is 12.1 Å². The molecular formula is C8H7ClF2O. The maximum atomic E-state index is 12.9. The SMILES string of the molecule is COc1ccc(C(F)Cl)c(F)c1. The van der Waals surface area contributed by atoms with Crippen molar-refractivity contribution in [3.63, 3.8) is 0 Å². The van der Waals surface area contributed by atoms with Crippen molar-refractivity contribution in [1.82, 2.24) is 0 Å². The zero-order valence-electron chi connectivity index (χ0n) is 6.35. The lowest BCUT2D eigenvalue weighted by molar-refractivity contribution is 0.405. The van der Waals surface area contributed by atoms with E-state index in [9.17, 15) is 8.78 Å². The van der Waals surface area contributed by atoms with Gasteiger partial charge in [-0.2, -0.15) is 0 Å². The van der Waals surface area contributed by atoms with Crippen LogP contribution < -0.4 is 4.74 Å². The summed E-state index contributed by atoms with van der Waals surface area (Å²) in [4.78, 5) is 0. The molecule has 0 radical (unpaired) electrons. The fraction of sp³-hybridized carbons (Fsp3) is 0.250. The Balaban J connectivity index is 3.03. The maximum absolute atomic E-state index is 12.9. The molecule has 0 fully saturated rings. The van der Waals surface area contributed by atoms with Crippen molar-refractivity contribution in [1.29, 1.82) is 0 Å². The van der Waals surface area contributed by atoms with Crippen LogP contribution in [-0.2, 0) is 0 Å². The van der Waals surface area contributed by atoms with E-state index in [4.69, 9.17) is 16.3 Å². The van der Waals surface area contributed by atoms with Gasteiger partial charge in [-0.3, -0.25) is 0 Å². The quantitative estimate of drug-likeness (QED) is 0.655. The molecule has 1 aromatic carbocycles. The molecule has 0 bridgehead atoms. The Labute approximate surface area is 73.9 Å². The Hall–Kier alpha value is -0.830. The molecule has 0 N–H and O–H groups in total. The van der Waals surface area contributed by atoms with Crippen molar-refractivity contribution >= 4 is 11.6 Å². The molecule has 1 rings (SSSR count). The van der Waals surface area contributed by atoms with Gasteiger partial charge in [0.1, 0.15) is 11.6 Å². The molecule has 66 valence electrons. The number of alkyl halides is 2. The molecule has 1 aromatic rings. The van der Waals surface area contributed by atoms with Gasteiger partial charge in [0, 0.05) is 11.6 Å². The Morgan fingerprint density at radius 3 is 2.58 bits per heavy atom. The lowest BCUT2D eigenvalue weighted by Gasteiger charge is -2.04. The highest BCUT2D eigenvalue weighted by Gasteiger charge is 2.11. The zero-order valence-corrected chi connectivity index (χ0v) is 7.11. The number of ether oxygens (including phenoxy) is 1. The van der Waals surface area contributed by atoms with E-state index in [0.717, 1.165) is 6.07 Å². The largest absolute Gasteiger partial charge is 0.497 e. The Kier molecular flexibility index (Phi) is 2.87. The maximum Gasteiger partial charge on any atom is 0.201 e. The van der Waals surface area contributed by atoms with Crippen LogP contribution in [0.15, 0.2) is 18.2 Å². The molecule has 0 aliphatic heterocycles. The molecule has 0 spiro atoms. The van der Waals surface area contributed by atoms with Gasteiger partial charge in [-0.15, -0.1) is 0 Å². The van der Waals surface area contributed by atoms with Crippen molar-refractivity contribution in [2.75, 3.05) is 7.11 Å². The summed E-state index contributed by atoms with van der Waals surface area (Å²) in [5.74, 6) is -0.356. The van der Waals surface area contributed by atoms with Gasteiger partial charge in [0.25, 0.3) is 0 Å². The molecule has 1 nitrogen and oxygen atoms in total. The second-order valence-electron chi connectivity index (χ2n) is 2.19. The molecule has 0 saturated heterocycles. The van der Waals surface area contributed by atoms with Crippen LogP contribution in [0, 0.1) is 5.82 Å². The van der Waals surface area contributed by atoms with Crippen LogP contribution in [-0.4, -0.2) is 7.11 Å². The molecule has 0 amide bonds. The monoisotopic (exact) mass is 192 g/mol. The minimum atomic E-state index is -1.81. The smallest absolute Gasteiger partial charge is 0.201 e. The first-order valence-electron chi connectivity index (χ1n) is 3.26. The predicted octanol–water partition coefficient (Wildman–Crippen LogP) is 3.04. The van der Waals surface area contributed by atoms with Crippen LogP contribution in [0.25, 0.3) is 0 Å². The van der Waals surface area contributed by atoms with Crippen molar-refractivity contribution in [3.05, 3.63) is 29.6 Å². The van der Waals surface area contributed by atoms with E-state index >= 15 is 0 Å². The summed E-state index contributed by atoms with van der Waals surface area (Å²) in [7, 11) is 1.40. The summed E-state index contributed by atoms with van der Waals surface area (Å²) >= 11 is 5.06. The van der Waals surface area contributed by atoms with E-state index in [0.29, 0.717) is 5.75 Å². The van der Waals surface area contributed by atoms with E-state index in [1.54, 1.807) is 0 Å². The molecule has 12 heavy (non-hydrogen) atoms. The van der Waals surface area contributed by atoms with E-state index in [2.05, 4.69) is 0 Å². The summed E-state index contributed by atoms with van der Waals surface area (Å²) in [6.07, 6.45) is 0. The van der Waals surface area contributed by atoms with Crippen LogP contribution in [0.3, 0.4) is 0 Å².